The van der Waals surface area contributed by atoms with E-state index in [-0.39, 0.29) is 18.3 Å². The highest BCUT2D eigenvalue weighted by molar-refractivity contribution is 7.80. The zero-order chi connectivity index (χ0) is 20.4. The molecule has 1 aliphatic rings. The number of hydrogen-bond donors (Lipinski definition) is 1. The molecule has 1 fully saturated rings. The number of ether oxygens (including phenoxy) is 1. The van der Waals surface area contributed by atoms with E-state index < -0.39 is 0 Å². The standard InChI is InChI=1S/C22H17FN2O3S/c1-14-3-2-4-16(11-14)25-21(26)20(24-22(25)29)12-18-9-10-19(28-18)13-27-17-7-5-15(23)6-8-17/h2-12H,13H2,1H3,(H,24,29)/b20-12+. The lowest BCUT2D eigenvalue weighted by atomic mass is 10.2. The lowest BCUT2D eigenvalue weighted by molar-refractivity contribution is -0.113. The van der Waals surface area contributed by atoms with Crippen molar-refractivity contribution >= 4 is 35.0 Å². The van der Waals surface area contributed by atoms with Crippen LogP contribution in [-0.4, -0.2) is 11.0 Å². The number of benzene rings is 2. The molecule has 0 bridgehead atoms. The maximum Gasteiger partial charge on any atom is 0.281 e. The number of furan rings is 1. The molecule has 4 rings (SSSR count). The average Bonchev–Trinajstić information content (AvgIpc) is 3.25. The number of carbonyl (C=O) groups is 1. The van der Waals surface area contributed by atoms with Gasteiger partial charge in [0.1, 0.15) is 35.4 Å². The number of rotatable bonds is 5. The van der Waals surface area contributed by atoms with E-state index >= 15 is 0 Å². The summed E-state index contributed by atoms with van der Waals surface area (Å²) in [5, 5.41) is 3.25. The summed E-state index contributed by atoms with van der Waals surface area (Å²) >= 11 is 5.32. The molecule has 2 aromatic carbocycles. The Labute approximate surface area is 172 Å². The van der Waals surface area contributed by atoms with Crippen LogP contribution in [0.15, 0.2) is 70.8 Å². The highest BCUT2D eigenvalue weighted by Crippen LogP contribution is 2.24. The average molecular weight is 408 g/mol. The molecule has 1 aromatic heterocycles. The Morgan fingerprint density at radius 2 is 1.97 bits per heavy atom. The third-order valence-electron chi connectivity index (χ3n) is 4.30. The summed E-state index contributed by atoms with van der Waals surface area (Å²) in [6.07, 6.45) is 1.60. The van der Waals surface area contributed by atoms with Gasteiger partial charge in [0.2, 0.25) is 0 Å². The molecule has 146 valence electrons. The molecule has 1 saturated heterocycles. The first-order valence-corrected chi connectivity index (χ1v) is 9.31. The third kappa shape index (κ3) is 4.20. The summed E-state index contributed by atoms with van der Waals surface area (Å²) in [6.45, 7) is 2.14. The van der Waals surface area contributed by atoms with Crippen molar-refractivity contribution < 1.29 is 18.3 Å². The van der Waals surface area contributed by atoms with Crippen molar-refractivity contribution in [3.63, 3.8) is 0 Å². The second-order valence-corrected chi connectivity index (χ2v) is 6.90. The molecular weight excluding hydrogens is 391 g/mol. The Hall–Kier alpha value is -3.45. The molecule has 0 unspecified atom stereocenters. The second-order valence-electron chi connectivity index (χ2n) is 6.51. The molecule has 3 aromatic rings. The monoisotopic (exact) mass is 408 g/mol. The Balaban J connectivity index is 1.46. The maximum absolute atomic E-state index is 12.9. The predicted molar refractivity (Wildman–Crippen MR) is 112 cm³/mol. The Morgan fingerprint density at radius 3 is 2.72 bits per heavy atom. The molecule has 0 saturated carbocycles. The molecule has 1 aliphatic heterocycles. The van der Waals surface area contributed by atoms with E-state index in [9.17, 15) is 9.18 Å². The highest BCUT2D eigenvalue weighted by atomic mass is 32.1. The van der Waals surface area contributed by atoms with Gasteiger partial charge in [-0.15, -0.1) is 0 Å². The molecule has 1 N–H and O–H groups in total. The highest BCUT2D eigenvalue weighted by Gasteiger charge is 2.32. The van der Waals surface area contributed by atoms with Gasteiger partial charge in [-0.25, -0.2) is 4.39 Å². The summed E-state index contributed by atoms with van der Waals surface area (Å²) < 4.78 is 24.2. The first-order chi connectivity index (χ1) is 14.0. The van der Waals surface area contributed by atoms with Gasteiger partial charge in [0.15, 0.2) is 5.11 Å². The zero-order valence-electron chi connectivity index (χ0n) is 15.5. The number of thiocarbonyl (C=S) groups is 1. The zero-order valence-corrected chi connectivity index (χ0v) is 16.3. The minimum atomic E-state index is -0.324. The van der Waals surface area contributed by atoms with Crippen LogP contribution in [0, 0.1) is 12.7 Å². The quantitative estimate of drug-likeness (QED) is 0.495. The lowest BCUT2D eigenvalue weighted by Crippen LogP contribution is -2.30. The second kappa shape index (κ2) is 7.89. The normalized spacial score (nSPS) is 15.1. The van der Waals surface area contributed by atoms with E-state index in [2.05, 4.69) is 5.32 Å². The summed E-state index contributed by atoms with van der Waals surface area (Å²) in [7, 11) is 0. The van der Waals surface area contributed by atoms with Crippen LogP contribution in [0.3, 0.4) is 0 Å². The van der Waals surface area contributed by atoms with Gasteiger partial charge >= 0.3 is 0 Å². The van der Waals surface area contributed by atoms with Crippen molar-refractivity contribution in [2.24, 2.45) is 0 Å². The summed E-state index contributed by atoms with van der Waals surface area (Å²) in [5.74, 6) is 1.03. The number of aryl methyl sites for hydroxylation is 1. The van der Waals surface area contributed by atoms with Gasteiger partial charge < -0.3 is 14.5 Å². The van der Waals surface area contributed by atoms with Crippen LogP contribution in [-0.2, 0) is 11.4 Å². The van der Waals surface area contributed by atoms with Crippen molar-refractivity contribution in [1.82, 2.24) is 5.32 Å². The van der Waals surface area contributed by atoms with Gasteiger partial charge in [0.25, 0.3) is 5.91 Å². The summed E-state index contributed by atoms with van der Waals surface area (Å²) in [6, 6.07) is 16.8. The Morgan fingerprint density at radius 1 is 1.17 bits per heavy atom. The van der Waals surface area contributed by atoms with Gasteiger partial charge in [-0.1, -0.05) is 12.1 Å². The van der Waals surface area contributed by atoms with Crippen LogP contribution in [0.4, 0.5) is 10.1 Å². The van der Waals surface area contributed by atoms with E-state index in [1.807, 2.05) is 31.2 Å². The predicted octanol–water partition coefficient (Wildman–Crippen LogP) is 4.57. The Kier molecular flexibility index (Phi) is 5.14. The number of nitrogens with one attached hydrogen (secondary N) is 1. The summed E-state index contributed by atoms with van der Waals surface area (Å²) in [4.78, 5) is 14.2. The number of hydrogen-bond acceptors (Lipinski definition) is 4. The molecule has 1 amide bonds. The minimum Gasteiger partial charge on any atom is -0.486 e. The van der Waals surface area contributed by atoms with Gasteiger partial charge in [0, 0.05) is 6.08 Å². The van der Waals surface area contributed by atoms with Gasteiger partial charge in [-0.05, 0) is 73.2 Å². The fourth-order valence-corrected chi connectivity index (χ4v) is 3.21. The fourth-order valence-electron chi connectivity index (χ4n) is 2.91. The molecule has 0 spiro atoms. The van der Waals surface area contributed by atoms with Crippen LogP contribution in [0.25, 0.3) is 6.08 Å². The Bertz CT molecular complexity index is 1110. The fraction of sp³-hybridized carbons (Fsp3) is 0.0909. The first-order valence-electron chi connectivity index (χ1n) is 8.90. The van der Waals surface area contributed by atoms with Crippen molar-refractivity contribution in [1.29, 1.82) is 0 Å². The van der Waals surface area contributed by atoms with Crippen LogP contribution in [0.2, 0.25) is 0 Å². The van der Waals surface area contributed by atoms with E-state index in [0.717, 1.165) is 5.56 Å². The van der Waals surface area contributed by atoms with E-state index in [1.165, 1.54) is 17.0 Å². The SMILES string of the molecule is Cc1cccc(N2C(=O)/C(=C\c3ccc(COc4ccc(F)cc4)o3)NC2=S)c1. The molecule has 0 radical (unpaired) electrons. The molecule has 0 atom stereocenters. The smallest absolute Gasteiger partial charge is 0.281 e. The molecule has 0 aliphatic carbocycles. The van der Waals surface area contributed by atoms with Crippen molar-refractivity contribution in [3.8, 4) is 5.75 Å². The summed E-state index contributed by atoms with van der Waals surface area (Å²) in [5.41, 5.74) is 2.08. The van der Waals surface area contributed by atoms with Crippen molar-refractivity contribution in [2.75, 3.05) is 4.90 Å². The topological polar surface area (TPSA) is 54.7 Å². The first kappa shape index (κ1) is 18.9. The number of anilines is 1. The molecule has 5 nitrogen and oxygen atoms in total. The molecular formula is C22H17FN2O3S. The van der Waals surface area contributed by atoms with Crippen molar-refractivity contribution in [2.45, 2.75) is 13.5 Å². The number of amides is 1. The van der Waals surface area contributed by atoms with Crippen LogP contribution in [0.5, 0.6) is 5.75 Å². The minimum absolute atomic E-state index is 0.185. The number of nitrogens with zero attached hydrogens (tertiary/aromatic N) is 1. The maximum atomic E-state index is 12.9. The van der Waals surface area contributed by atoms with E-state index in [0.29, 0.717) is 33.8 Å². The number of carbonyl (C=O) groups excluding carboxylic acids is 1. The van der Waals surface area contributed by atoms with Gasteiger partial charge in [-0.2, -0.15) is 0 Å². The van der Waals surface area contributed by atoms with Gasteiger partial charge in [0.05, 0.1) is 5.69 Å². The van der Waals surface area contributed by atoms with E-state index in [1.54, 1.807) is 30.3 Å². The van der Waals surface area contributed by atoms with Crippen LogP contribution < -0.4 is 15.0 Å². The van der Waals surface area contributed by atoms with E-state index in [4.69, 9.17) is 21.4 Å². The molecule has 29 heavy (non-hydrogen) atoms. The third-order valence-corrected chi connectivity index (χ3v) is 4.59. The molecule has 2 heterocycles. The van der Waals surface area contributed by atoms with Crippen molar-refractivity contribution in [3.05, 3.63) is 89.3 Å². The number of halogens is 1. The van der Waals surface area contributed by atoms with Gasteiger partial charge in [-0.3, -0.25) is 9.69 Å². The van der Waals surface area contributed by atoms with Crippen LogP contribution >= 0.6 is 12.2 Å². The lowest BCUT2D eigenvalue weighted by Gasteiger charge is -2.14. The van der Waals surface area contributed by atoms with Crippen LogP contribution in [0.1, 0.15) is 17.1 Å². The largest absolute Gasteiger partial charge is 0.486 e. The molecule has 7 heteroatoms.